The van der Waals surface area contributed by atoms with Crippen molar-refractivity contribution in [2.24, 2.45) is 0 Å². The van der Waals surface area contributed by atoms with Crippen LogP contribution in [0.4, 0.5) is 0 Å². The van der Waals surface area contributed by atoms with Gasteiger partial charge in [0.15, 0.2) is 11.5 Å². The van der Waals surface area contributed by atoms with Gasteiger partial charge < -0.3 is 19.7 Å². The lowest BCUT2D eigenvalue weighted by Crippen LogP contribution is -2.52. The maximum Gasteiger partial charge on any atom is 0.243 e. The number of amides is 2. The fourth-order valence-corrected chi connectivity index (χ4v) is 5.63. The lowest BCUT2D eigenvalue weighted by atomic mass is 9.94. The molecule has 0 bridgehead atoms. The molecule has 0 aromatic heterocycles. The zero-order chi connectivity index (χ0) is 27.7. The maximum atomic E-state index is 14.0. The highest BCUT2D eigenvalue weighted by Gasteiger charge is 2.31. The van der Waals surface area contributed by atoms with Crippen molar-refractivity contribution in [2.45, 2.75) is 76.9 Å². The van der Waals surface area contributed by atoms with Gasteiger partial charge in [-0.05, 0) is 55.0 Å². The first-order chi connectivity index (χ1) is 19.5. The van der Waals surface area contributed by atoms with Crippen LogP contribution in [-0.2, 0) is 29.0 Å². The lowest BCUT2D eigenvalue weighted by molar-refractivity contribution is -0.141. The van der Waals surface area contributed by atoms with Crippen LogP contribution in [0.25, 0.3) is 0 Å². The molecule has 6 nitrogen and oxygen atoms in total. The summed E-state index contributed by atoms with van der Waals surface area (Å²) in [5, 5.41) is 3.31. The highest BCUT2D eigenvalue weighted by Crippen LogP contribution is 2.31. The Bertz CT molecular complexity index is 1270. The number of benzene rings is 3. The summed E-state index contributed by atoms with van der Waals surface area (Å²) in [5.41, 5.74) is 4.23. The Hall–Kier alpha value is -3.80. The SMILES string of the molecule is Cc1ccc(CN(C(=O)CCc2ccc3c(c2)OCCO3)[C@H](Cc2ccccc2)C(=O)NC2CCCCC2)cc1. The number of hydrogen-bond acceptors (Lipinski definition) is 4. The minimum Gasteiger partial charge on any atom is -0.486 e. The van der Waals surface area contributed by atoms with Gasteiger partial charge in [0.1, 0.15) is 19.3 Å². The number of carbonyl (C=O) groups excluding carboxylic acids is 2. The maximum absolute atomic E-state index is 14.0. The average molecular weight is 541 g/mol. The van der Waals surface area contributed by atoms with Gasteiger partial charge >= 0.3 is 0 Å². The quantitative estimate of drug-likeness (QED) is 0.354. The van der Waals surface area contributed by atoms with Gasteiger partial charge in [-0.25, -0.2) is 0 Å². The first-order valence-corrected chi connectivity index (χ1v) is 14.6. The predicted molar refractivity (Wildman–Crippen MR) is 156 cm³/mol. The summed E-state index contributed by atoms with van der Waals surface area (Å²) in [6, 6.07) is 23.7. The fourth-order valence-electron chi connectivity index (χ4n) is 5.63. The zero-order valence-corrected chi connectivity index (χ0v) is 23.4. The molecular weight excluding hydrogens is 500 g/mol. The van der Waals surface area contributed by atoms with E-state index in [1.807, 2.05) is 48.5 Å². The number of carbonyl (C=O) groups is 2. The summed E-state index contributed by atoms with van der Waals surface area (Å²) in [7, 11) is 0. The van der Waals surface area contributed by atoms with Gasteiger partial charge in [-0.2, -0.15) is 0 Å². The average Bonchev–Trinajstić information content (AvgIpc) is 2.99. The van der Waals surface area contributed by atoms with Gasteiger partial charge in [-0.15, -0.1) is 0 Å². The predicted octanol–water partition coefficient (Wildman–Crippen LogP) is 5.79. The van der Waals surface area contributed by atoms with Crippen LogP contribution in [0.5, 0.6) is 11.5 Å². The van der Waals surface area contributed by atoms with E-state index in [0.717, 1.165) is 59.4 Å². The molecule has 1 aliphatic heterocycles. The normalized spacial score (nSPS) is 15.7. The Kier molecular flexibility index (Phi) is 9.38. The van der Waals surface area contributed by atoms with E-state index in [1.54, 1.807) is 4.90 Å². The third-order valence-electron chi connectivity index (χ3n) is 7.93. The van der Waals surface area contributed by atoms with Crippen molar-refractivity contribution in [3.8, 4) is 11.5 Å². The van der Waals surface area contributed by atoms with Crippen LogP contribution in [0, 0.1) is 6.92 Å². The minimum absolute atomic E-state index is 0.0322. The van der Waals surface area contributed by atoms with Crippen molar-refractivity contribution in [2.75, 3.05) is 13.2 Å². The molecule has 2 amide bonds. The van der Waals surface area contributed by atoms with Crippen molar-refractivity contribution in [1.29, 1.82) is 0 Å². The van der Waals surface area contributed by atoms with E-state index in [4.69, 9.17) is 9.47 Å². The number of fused-ring (bicyclic) bond motifs is 1. The highest BCUT2D eigenvalue weighted by atomic mass is 16.6. The summed E-state index contributed by atoms with van der Waals surface area (Å²) < 4.78 is 11.4. The number of rotatable bonds is 10. The second-order valence-electron chi connectivity index (χ2n) is 11.0. The van der Waals surface area contributed by atoms with Crippen LogP contribution >= 0.6 is 0 Å². The number of nitrogens with zero attached hydrogens (tertiary/aromatic N) is 1. The summed E-state index contributed by atoms with van der Waals surface area (Å²) in [6.07, 6.45) is 6.82. The Morgan fingerprint density at radius 1 is 0.850 bits per heavy atom. The van der Waals surface area contributed by atoms with Crippen molar-refractivity contribution in [3.63, 3.8) is 0 Å². The van der Waals surface area contributed by atoms with Gasteiger partial charge in [0.05, 0.1) is 0 Å². The lowest BCUT2D eigenvalue weighted by Gasteiger charge is -2.33. The Labute approximate surface area is 237 Å². The molecule has 210 valence electrons. The molecule has 0 spiro atoms. The topological polar surface area (TPSA) is 67.9 Å². The van der Waals surface area contributed by atoms with Crippen LogP contribution < -0.4 is 14.8 Å². The first-order valence-electron chi connectivity index (χ1n) is 14.6. The molecule has 1 heterocycles. The van der Waals surface area contributed by atoms with Gasteiger partial charge in [0.2, 0.25) is 11.8 Å². The van der Waals surface area contributed by atoms with E-state index in [0.29, 0.717) is 39.0 Å². The van der Waals surface area contributed by atoms with Crippen molar-refractivity contribution < 1.29 is 19.1 Å². The molecule has 1 N–H and O–H groups in total. The van der Waals surface area contributed by atoms with Crippen LogP contribution in [0.2, 0.25) is 0 Å². The Morgan fingerprint density at radius 2 is 1.55 bits per heavy atom. The van der Waals surface area contributed by atoms with E-state index in [9.17, 15) is 9.59 Å². The van der Waals surface area contributed by atoms with Gasteiger partial charge in [0, 0.05) is 25.4 Å². The highest BCUT2D eigenvalue weighted by molar-refractivity contribution is 5.88. The van der Waals surface area contributed by atoms with Crippen molar-refractivity contribution >= 4 is 11.8 Å². The molecule has 3 aromatic carbocycles. The van der Waals surface area contributed by atoms with Gasteiger partial charge in [-0.1, -0.05) is 85.5 Å². The summed E-state index contributed by atoms with van der Waals surface area (Å²) in [5.74, 6) is 1.37. The smallest absolute Gasteiger partial charge is 0.243 e. The molecule has 40 heavy (non-hydrogen) atoms. The second kappa shape index (κ2) is 13.5. The van der Waals surface area contributed by atoms with E-state index in [-0.39, 0.29) is 17.9 Å². The zero-order valence-electron chi connectivity index (χ0n) is 23.4. The number of hydrogen-bond donors (Lipinski definition) is 1. The number of aryl methyl sites for hydroxylation is 2. The molecule has 5 rings (SSSR count). The van der Waals surface area contributed by atoms with E-state index < -0.39 is 6.04 Å². The summed E-state index contributed by atoms with van der Waals surface area (Å²) >= 11 is 0. The van der Waals surface area contributed by atoms with E-state index in [1.165, 1.54) is 6.42 Å². The molecule has 3 aromatic rings. The minimum atomic E-state index is -0.599. The molecule has 1 saturated carbocycles. The Balaban J connectivity index is 1.39. The third kappa shape index (κ3) is 7.44. The van der Waals surface area contributed by atoms with Crippen LogP contribution in [0.15, 0.2) is 72.8 Å². The molecule has 1 aliphatic carbocycles. The van der Waals surface area contributed by atoms with Crippen LogP contribution in [0.3, 0.4) is 0 Å². The number of ether oxygens (including phenoxy) is 2. The first kappa shape index (κ1) is 27.8. The molecule has 2 aliphatic rings. The van der Waals surface area contributed by atoms with Crippen LogP contribution in [0.1, 0.15) is 60.8 Å². The van der Waals surface area contributed by atoms with E-state index >= 15 is 0 Å². The second-order valence-corrected chi connectivity index (χ2v) is 11.0. The molecule has 0 saturated heterocycles. The summed E-state index contributed by atoms with van der Waals surface area (Å²) in [4.78, 5) is 29.7. The Morgan fingerprint density at radius 3 is 2.30 bits per heavy atom. The standard InChI is InChI=1S/C34H40N2O4/c1-25-12-14-28(15-13-25)24-36(33(37)19-17-27-16-18-31-32(23-27)40-21-20-39-31)30(22-26-8-4-2-5-9-26)34(38)35-29-10-6-3-7-11-29/h2,4-5,8-9,12-16,18,23,29-30H,3,6-7,10-11,17,19-22,24H2,1H3,(H,35,38)/t30-/m1/s1. The molecule has 6 heteroatoms. The third-order valence-corrected chi connectivity index (χ3v) is 7.93. The molecule has 0 radical (unpaired) electrons. The molecular formula is C34H40N2O4. The number of nitrogens with one attached hydrogen (secondary N) is 1. The van der Waals surface area contributed by atoms with Crippen molar-refractivity contribution in [3.05, 3.63) is 95.1 Å². The van der Waals surface area contributed by atoms with Gasteiger partial charge in [0.25, 0.3) is 0 Å². The van der Waals surface area contributed by atoms with E-state index in [2.05, 4.69) is 36.5 Å². The molecule has 1 atom stereocenters. The van der Waals surface area contributed by atoms with Crippen molar-refractivity contribution in [1.82, 2.24) is 10.2 Å². The molecule has 0 unspecified atom stereocenters. The fraction of sp³-hybridized carbons (Fsp3) is 0.412. The van der Waals surface area contributed by atoms with Gasteiger partial charge in [-0.3, -0.25) is 9.59 Å². The summed E-state index contributed by atoms with van der Waals surface area (Å²) in [6.45, 7) is 3.51. The monoisotopic (exact) mass is 540 g/mol. The van der Waals surface area contributed by atoms with Crippen LogP contribution in [-0.4, -0.2) is 42.0 Å². The molecule has 1 fully saturated rings. The largest absolute Gasteiger partial charge is 0.486 e.